The van der Waals surface area contributed by atoms with Crippen LogP contribution >= 0.6 is 0 Å². The molecule has 1 aromatic carbocycles. The van der Waals surface area contributed by atoms with Crippen LogP contribution < -0.4 is 0 Å². The number of hydrogen-bond donors (Lipinski definition) is 2. The average Bonchev–Trinajstić information content (AvgIpc) is 2.66. The lowest BCUT2D eigenvalue weighted by atomic mass is 9.98. The summed E-state index contributed by atoms with van der Waals surface area (Å²) in [5.41, 5.74) is 2.66. The molecule has 0 aliphatic carbocycles. The van der Waals surface area contributed by atoms with E-state index in [0.29, 0.717) is 0 Å². The zero-order valence-corrected chi connectivity index (χ0v) is 17.0. The number of unbranched alkanes of at least 4 members (excludes halogenated alkanes) is 6. The van der Waals surface area contributed by atoms with Gasteiger partial charge >= 0.3 is 5.97 Å². The number of aliphatic hydroxyl groups excluding tert-OH is 1. The van der Waals surface area contributed by atoms with Gasteiger partial charge in [-0.15, -0.1) is 0 Å². The highest BCUT2D eigenvalue weighted by atomic mass is 16.4. The van der Waals surface area contributed by atoms with Gasteiger partial charge in [0, 0.05) is 6.42 Å². The Hall–Kier alpha value is -1.61. The van der Waals surface area contributed by atoms with Crippen LogP contribution in [0.2, 0.25) is 0 Å². The van der Waals surface area contributed by atoms with Crippen molar-refractivity contribution in [3.8, 4) is 0 Å². The maximum Gasteiger partial charge on any atom is 0.303 e. The maximum atomic E-state index is 10.6. The quantitative estimate of drug-likeness (QED) is 0.272. The molecular weight excluding hydrogens is 336 g/mol. The van der Waals surface area contributed by atoms with Gasteiger partial charge in [0.25, 0.3) is 0 Å². The first kappa shape index (κ1) is 23.4. The zero-order chi connectivity index (χ0) is 19.7. The minimum absolute atomic E-state index is 0.251. The Labute approximate surface area is 165 Å². The number of carbonyl (C=O) groups is 1. The first-order chi connectivity index (χ1) is 13.1. The van der Waals surface area contributed by atoms with Crippen LogP contribution in [0.25, 0.3) is 0 Å². The van der Waals surface area contributed by atoms with Crippen LogP contribution in [0, 0.1) is 0 Å². The minimum atomic E-state index is -0.715. The SMILES string of the molecule is CCCCCCCC[C@H](O)/C=C/CCc1ccccc1CCCCC(=O)O. The molecule has 0 aliphatic heterocycles. The summed E-state index contributed by atoms with van der Waals surface area (Å²) in [6.07, 6.45) is 16.9. The van der Waals surface area contributed by atoms with E-state index in [-0.39, 0.29) is 12.5 Å². The molecule has 27 heavy (non-hydrogen) atoms. The van der Waals surface area contributed by atoms with Gasteiger partial charge in [0.2, 0.25) is 0 Å². The molecule has 0 unspecified atom stereocenters. The van der Waals surface area contributed by atoms with Crippen molar-refractivity contribution in [1.29, 1.82) is 0 Å². The zero-order valence-electron chi connectivity index (χ0n) is 17.0. The van der Waals surface area contributed by atoms with Gasteiger partial charge in [-0.1, -0.05) is 81.9 Å². The van der Waals surface area contributed by atoms with Crippen molar-refractivity contribution in [2.45, 2.75) is 96.5 Å². The number of carboxylic acids is 1. The number of allylic oxidation sites excluding steroid dienone is 1. The van der Waals surface area contributed by atoms with Crippen LogP contribution in [0.15, 0.2) is 36.4 Å². The topological polar surface area (TPSA) is 57.5 Å². The lowest BCUT2D eigenvalue weighted by Crippen LogP contribution is -2.01. The Balaban J connectivity index is 2.24. The molecule has 0 aromatic heterocycles. The van der Waals surface area contributed by atoms with Gasteiger partial charge in [-0.3, -0.25) is 4.79 Å². The summed E-state index contributed by atoms with van der Waals surface area (Å²) < 4.78 is 0. The van der Waals surface area contributed by atoms with E-state index in [2.05, 4.69) is 37.3 Å². The second kappa shape index (κ2) is 15.4. The second-order valence-electron chi connectivity index (χ2n) is 7.46. The van der Waals surface area contributed by atoms with Gasteiger partial charge in [0.1, 0.15) is 0 Å². The highest BCUT2D eigenvalue weighted by Gasteiger charge is 2.03. The third kappa shape index (κ3) is 12.4. The lowest BCUT2D eigenvalue weighted by Gasteiger charge is -2.09. The van der Waals surface area contributed by atoms with E-state index in [1.807, 2.05) is 6.08 Å². The van der Waals surface area contributed by atoms with E-state index in [0.717, 1.165) is 44.9 Å². The Morgan fingerprint density at radius 3 is 2.33 bits per heavy atom. The van der Waals surface area contributed by atoms with Crippen LogP contribution in [-0.4, -0.2) is 22.3 Å². The summed E-state index contributed by atoms with van der Waals surface area (Å²) in [7, 11) is 0. The third-order valence-corrected chi connectivity index (χ3v) is 5.00. The molecule has 0 heterocycles. The van der Waals surface area contributed by atoms with Crippen molar-refractivity contribution in [3.63, 3.8) is 0 Å². The fraction of sp³-hybridized carbons (Fsp3) is 0.625. The Morgan fingerprint density at radius 1 is 0.963 bits per heavy atom. The summed E-state index contributed by atoms with van der Waals surface area (Å²) in [6.45, 7) is 2.23. The number of benzene rings is 1. The molecule has 0 saturated heterocycles. The van der Waals surface area contributed by atoms with E-state index in [1.165, 1.54) is 43.2 Å². The number of rotatable bonds is 16. The molecule has 0 fully saturated rings. The van der Waals surface area contributed by atoms with Gasteiger partial charge in [-0.2, -0.15) is 0 Å². The first-order valence-electron chi connectivity index (χ1n) is 10.8. The van der Waals surface area contributed by atoms with Gasteiger partial charge in [-0.05, 0) is 49.7 Å². The van der Waals surface area contributed by atoms with Crippen molar-refractivity contribution in [2.75, 3.05) is 0 Å². The van der Waals surface area contributed by atoms with Crippen LogP contribution in [0.1, 0.15) is 88.7 Å². The smallest absolute Gasteiger partial charge is 0.303 e. The summed E-state index contributed by atoms with van der Waals surface area (Å²) in [5.74, 6) is -0.715. The molecule has 3 nitrogen and oxygen atoms in total. The number of hydrogen-bond acceptors (Lipinski definition) is 2. The third-order valence-electron chi connectivity index (χ3n) is 5.00. The summed E-state index contributed by atoms with van der Waals surface area (Å²) >= 11 is 0. The second-order valence-corrected chi connectivity index (χ2v) is 7.46. The van der Waals surface area contributed by atoms with Gasteiger partial charge < -0.3 is 10.2 Å². The van der Waals surface area contributed by atoms with Crippen molar-refractivity contribution >= 4 is 5.97 Å². The normalized spacial score (nSPS) is 12.5. The molecule has 152 valence electrons. The van der Waals surface area contributed by atoms with E-state index >= 15 is 0 Å². The van der Waals surface area contributed by atoms with Crippen LogP contribution in [0.3, 0.4) is 0 Å². The first-order valence-corrected chi connectivity index (χ1v) is 10.8. The highest BCUT2D eigenvalue weighted by Crippen LogP contribution is 2.15. The lowest BCUT2D eigenvalue weighted by molar-refractivity contribution is -0.137. The summed E-state index contributed by atoms with van der Waals surface area (Å²) in [5, 5.41) is 18.8. The molecule has 1 rings (SSSR count). The number of aryl methyl sites for hydroxylation is 2. The minimum Gasteiger partial charge on any atom is -0.481 e. The fourth-order valence-corrected chi connectivity index (χ4v) is 3.36. The molecule has 0 saturated carbocycles. The molecule has 1 atom stereocenters. The number of aliphatic hydroxyl groups is 1. The number of carboxylic acid groups (broad SMARTS) is 1. The molecule has 1 aromatic rings. The van der Waals surface area contributed by atoms with E-state index < -0.39 is 5.97 Å². The molecule has 2 N–H and O–H groups in total. The van der Waals surface area contributed by atoms with E-state index in [4.69, 9.17) is 5.11 Å². The van der Waals surface area contributed by atoms with Crippen molar-refractivity contribution in [3.05, 3.63) is 47.5 Å². The predicted octanol–water partition coefficient (Wildman–Crippen LogP) is 6.08. The number of aliphatic carboxylic acids is 1. The summed E-state index contributed by atoms with van der Waals surface area (Å²) in [6, 6.07) is 8.42. The highest BCUT2D eigenvalue weighted by molar-refractivity contribution is 5.66. The Morgan fingerprint density at radius 2 is 1.63 bits per heavy atom. The molecule has 3 heteroatoms. The van der Waals surface area contributed by atoms with Crippen LogP contribution in [0.4, 0.5) is 0 Å². The fourth-order valence-electron chi connectivity index (χ4n) is 3.36. The Kier molecular flexibility index (Phi) is 13.4. The average molecular weight is 375 g/mol. The molecule has 0 bridgehead atoms. The van der Waals surface area contributed by atoms with E-state index in [1.54, 1.807) is 0 Å². The van der Waals surface area contributed by atoms with Gasteiger partial charge in [0.05, 0.1) is 6.10 Å². The van der Waals surface area contributed by atoms with Crippen LogP contribution in [-0.2, 0) is 17.6 Å². The Bertz CT molecular complexity index is 536. The predicted molar refractivity (Wildman–Crippen MR) is 113 cm³/mol. The maximum absolute atomic E-state index is 10.6. The molecule has 0 aliphatic rings. The van der Waals surface area contributed by atoms with Gasteiger partial charge in [0.15, 0.2) is 0 Å². The largest absolute Gasteiger partial charge is 0.481 e. The molecule has 0 amide bonds. The summed E-state index contributed by atoms with van der Waals surface area (Å²) in [4.78, 5) is 10.6. The molecule has 0 radical (unpaired) electrons. The molecule has 0 spiro atoms. The van der Waals surface area contributed by atoms with Gasteiger partial charge in [-0.25, -0.2) is 0 Å². The standard InChI is InChI=1S/C24H38O3/c1-2-3-4-5-6-7-18-23(25)19-12-10-16-21-14-8-9-15-22(21)17-11-13-20-24(26)27/h8-9,12,14-15,19,23,25H,2-7,10-11,13,16-18,20H2,1H3,(H,26,27)/b19-12+/t23-/m0/s1. The monoisotopic (exact) mass is 374 g/mol. The van der Waals surface area contributed by atoms with Crippen molar-refractivity contribution in [2.24, 2.45) is 0 Å². The van der Waals surface area contributed by atoms with Crippen molar-refractivity contribution in [1.82, 2.24) is 0 Å². The van der Waals surface area contributed by atoms with Crippen molar-refractivity contribution < 1.29 is 15.0 Å². The van der Waals surface area contributed by atoms with Crippen LogP contribution in [0.5, 0.6) is 0 Å². The van der Waals surface area contributed by atoms with E-state index in [9.17, 15) is 9.90 Å². The molecular formula is C24H38O3.